The van der Waals surface area contributed by atoms with Crippen molar-refractivity contribution < 1.29 is 22.7 Å². The van der Waals surface area contributed by atoms with Crippen LogP contribution in [-0.4, -0.2) is 12.9 Å². The molecular formula is C11H11F3O2. The van der Waals surface area contributed by atoms with Gasteiger partial charge in [0, 0.05) is 6.07 Å². The molecule has 0 atom stereocenters. The summed E-state index contributed by atoms with van der Waals surface area (Å²) in [4.78, 5) is 10.4. The third kappa shape index (κ3) is 2.53. The van der Waals surface area contributed by atoms with Crippen LogP contribution < -0.4 is 4.74 Å². The number of aldehydes is 1. The molecule has 2 nitrogen and oxygen atoms in total. The normalized spacial score (nSPS) is 10.6. The lowest BCUT2D eigenvalue weighted by Gasteiger charge is -2.11. The Morgan fingerprint density at radius 1 is 1.31 bits per heavy atom. The van der Waals surface area contributed by atoms with Crippen LogP contribution in [0.3, 0.4) is 0 Å². The first kappa shape index (κ1) is 12.5. The Bertz CT molecular complexity index is 403. The Kier molecular flexibility index (Phi) is 3.93. The number of carbonyl (C=O) groups excluding carboxylic acids is 1. The van der Waals surface area contributed by atoms with Crippen molar-refractivity contribution in [2.75, 3.05) is 6.61 Å². The summed E-state index contributed by atoms with van der Waals surface area (Å²) in [5, 5.41) is 0. The van der Waals surface area contributed by atoms with Gasteiger partial charge in [-0.15, -0.1) is 0 Å². The van der Waals surface area contributed by atoms with Crippen molar-refractivity contribution in [3.63, 3.8) is 0 Å². The average molecular weight is 232 g/mol. The van der Waals surface area contributed by atoms with E-state index < -0.39 is 28.8 Å². The fourth-order valence-electron chi connectivity index (χ4n) is 1.08. The van der Waals surface area contributed by atoms with Crippen molar-refractivity contribution in [1.29, 1.82) is 0 Å². The summed E-state index contributed by atoms with van der Waals surface area (Å²) in [6.07, 6.45) is -0.00760. The van der Waals surface area contributed by atoms with Gasteiger partial charge in [0.25, 0.3) is 0 Å². The predicted molar refractivity (Wildman–Crippen MR) is 52.0 cm³/mol. The van der Waals surface area contributed by atoms with Crippen molar-refractivity contribution in [3.8, 4) is 5.75 Å². The van der Waals surface area contributed by atoms with Crippen LogP contribution in [0.5, 0.6) is 5.75 Å². The summed E-state index contributed by atoms with van der Waals surface area (Å²) in [7, 11) is 0. The van der Waals surface area contributed by atoms with E-state index in [1.54, 1.807) is 13.8 Å². The summed E-state index contributed by atoms with van der Waals surface area (Å²) in [6, 6.07) is 0.433. The lowest BCUT2D eigenvalue weighted by Crippen LogP contribution is -2.09. The molecule has 0 aliphatic heterocycles. The number of ether oxygens (including phenoxy) is 1. The molecule has 88 valence electrons. The Hall–Kier alpha value is -1.52. The lowest BCUT2D eigenvalue weighted by atomic mass is 10.2. The predicted octanol–water partition coefficient (Wildman–Crippen LogP) is 2.95. The van der Waals surface area contributed by atoms with Gasteiger partial charge in [-0.2, -0.15) is 0 Å². The van der Waals surface area contributed by atoms with Gasteiger partial charge in [0.15, 0.2) is 23.7 Å². The molecule has 0 saturated heterocycles. The maximum atomic E-state index is 13.4. The molecule has 0 unspecified atom stereocenters. The number of carbonyl (C=O) groups is 1. The van der Waals surface area contributed by atoms with E-state index >= 15 is 0 Å². The summed E-state index contributed by atoms with van der Waals surface area (Å²) >= 11 is 0. The smallest absolute Gasteiger partial charge is 0.191 e. The van der Waals surface area contributed by atoms with Crippen molar-refractivity contribution >= 4 is 6.29 Å². The first-order valence-electron chi connectivity index (χ1n) is 4.72. The zero-order valence-electron chi connectivity index (χ0n) is 8.89. The van der Waals surface area contributed by atoms with Gasteiger partial charge >= 0.3 is 0 Å². The van der Waals surface area contributed by atoms with E-state index in [9.17, 15) is 18.0 Å². The zero-order valence-corrected chi connectivity index (χ0v) is 8.89. The van der Waals surface area contributed by atoms with E-state index in [1.807, 2.05) is 0 Å². The van der Waals surface area contributed by atoms with Crippen LogP contribution in [0.15, 0.2) is 6.07 Å². The molecule has 1 aromatic carbocycles. The van der Waals surface area contributed by atoms with Crippen LogP contribution in [0, 0.1) is 23.4 Å². The van der Waals surface area contributed by atoms with E-state index in [2.05, 4.69) is 0 Å². The van der Waals surface area contributed by atoms with Crippen LogP contribution in [0.1, 0.15) is 24.2 Å². The third-order valence-electron chi connectivity index (χ3n) is 1.84. The first-order valence-corrected chi connectivity index (χ1v) is 4.72. The summed E-state index contributed by atoms with van der Waals surface area (Å²) < 4.78 is 44.3. The third-order valence-corrected chi connectivity index (χ3v) is 1.84. The second-order valence-corrected chi connectivity index (χ2v) is 3.72. The number of hydrogen-bond acceptors (Lipinski definition) is 2. The van der Waals surface area contributed by atoms with Crippen LogP contribution in [0.4, 0.5) is 13.2 Å². The summed E-state index contributed by atoms with van der Waals surface area (Å²) in [5.41, 5.74) is -0.819. The minimum absolute atomic E-state index is 0.00760. The molecule has 0 heterocycles. The Morgan fingerprint density at radius 3 is 2.44 bits per heavy atom. The van der Waals surface area contributed by atoms with Gasteiger partial charge in [-0.25, -0.2) is 13.2 Å². The zero-order chi connectivity index (χ0) is 12.3. The topological polar surface area (TPSA) is 26.3 Å². The molecule has 0 spiro atoms. The molecule has 0 aromatic heterocycles. The molecule has 5 heteroatoms. The molecular weight excluding hydrogens is 221 g/mol. The van der Waals surface area contributed by atoms with Crippen LogP contribution in [-0.2, 0) is 0 Å². The standard InChI is InChI=1S/C11H11F3O2/c1-6(2)5-16-11-9(13)3-8(12)7(4-15)10(11)14/h3-4,6H,5H2,1-2H3. The fourth-order valence-corrected chi connectivity index (χ4v) is 1.08. The van der Waals surface area contributed by atoms with Crippen LogP contribution in [0.2, 0.25) is 0 Å². The highest BCUT2D eigenvalue weighted by molar-refractivity contribution is 5.76. The molecule has 0 fully saturated rings. The molecule has 0 aliphatic carbocycles. The highest BCUT2D eigenvalue weighted by Crippen LogP contribution is 2.26. The molecule has 0 aliphatic rings. The molecule has 0 saturated carbocycles. The van der Waals surface area contributed by atoms with Gasteiger partial charge in [0.05, 0.1) is 12.2 Å². The second kappa shape index (κ2) is 5.01. The Balaban J connectivity index is 3.12. The van der Waals surface area contributed by atoms with Crippen molar-refractivity contribution in [2.24, 2.45) is 5.92 Å². The fraction of sp³-hybridized carbons (Fsp3) is 0.364. The Morgan fingerprint density at radius 2 is 1.94 bits per heavy atom. The maximum Gasteiger partial charge on any atom is 0.191 e. The minimum atomic E-state index is -1.30. The number of benzene rings is 1. The quantitative estimate of drug-likeness (QED) is 0.746. The summed E-state index contributed by atoms with van der Waals surface area (Å²) in [6.45, 7) is 3.66. The van der Waals surface area contributed by atoms with Gasteiger partial charge in [-0.1, -0.05) is 13.8 Å². The van der Waals surface area contributed by atoms with E-state index in [4.69, 9.17) is 4.74 Å². The van der Waals surface area contributed by atoms with Crippen molar-refractivity contribution in [3.05, 3.63) is 29.1 Å². The van der Waals surface area contributed by atoms with Crippen LogP contribution >= 0.6 is 0 Å². The molecule has 1 rings (SSSR count). The van der Waals surface area contributed by atoms with Crippen LogP contribution in [0.25, 0.3) is 0 Å². The van der Waals surface area contributed by atoms with E-state index in [-0.39, 0.29) is 18.8 Å². The van der Waals surface area contributed by atoms with Gasteiger partial charge in [-0.3, -0.25) is 4.79 Å². The van der Waals surface area contributed by atoms with E-state index in [0.29, 0.717) is 6.07 Å². The van der Waals surface area contributed by atoms with Crippen molar-refractivity contribution in [1.82, 2.24) is 0 Å². The average Bonchev–Trinajstić information content (AvgIpc) is 2.16. The number of halogens is 3. The molecule has 1 aromatic rings. The Labute approximate surface area is 91.0 Å². The molecule has 0 amide bonds. The van der Waals surface area contributed by atoms with Gasteiger partial charge in [0.1, 0.15) is 5.82 Å². The lowest BCUT2D eigenvalue weighted by molar-refractivity contribution is 0.111. The highest BCUT2D eigenvalue weighted by Gasteiger charge is 2.19. The number of hydrogen-bond donors (Lipinski definition) is 0. The first-order chi connectivity index (χ1) is 7.47. The SMILES string of the molecule is CC(C)COc1c(F)cc(F)c(C=O)c1F. The maximum absolute atomic E-state index is 13.4. The second-order valence-electron chi connectivity index (χ2n) is 3.72. The molecule has 0 radical (unpaired) electrons. The molecule has 0 bridgehead atoms. The monoisotopic (exact) mass is 232 g/mol. The van der Waals surface area contributed by atoms with Gasteiger partial charge < -0.3 is 4.74 Å². The highest BCUT2D eigenvalue weighted by atomic mass is 19.1. The van der Waals surface area contributed by atoms with E-state index in [1.165, 1.54) is 0 Å². The van der Waals surface area contributed by atoms with Crippen molar-refractivity contribution in [2.45, 2.75) is 13.8 Å². The largest absolute Gasteiger partial charge is 0.487 e. The minimum Gasteiger partial charge on any atom is -0.487 e. The van der Waals surface area contributed by atoms with Gasteiger partial charge in [-0.05, 0) is 5.92 Å². The molecule has 16 heavy (non-hydrogen) atoms. The number of rotatable bonds is 4. The summed E-state index contributed by atoms with van der Waals surface area (Å²) in [5.74, 6) is -4.34. The molecule has 0 N–H and O–H groups in total. The van der Waals surface area contributed by atoms with E-state index in [0.717, 1.165) is 0 Å². The van der Waals surface area contributed by atoms with Gasteiger partial charge in [0.2, 0.25) is 0 Å².